The third kappa shape index (κ3) is 3.71. The maximum atomic E-state index is 6.20. The van der Waals surface area contributed by atoms with Gasteiger partial charge in [-0.2, -0.15) is 4.98 Å². The lowest BCUT2D eigenvalue weighted by atomic mass is 10.0. The van der Waals surface area contributed by atoms with Gasteiger partial charge in [-0.15, -0.1) is 0 Å². The van der Waals surface area contributed by atoms with Gasteiger partial charge in [0, 0.05) is 13.0 Å². The lowest BCUT2D eigenvalue weighted by Gasteiger charge is -2.14. The van der Waals surface area contributed by atoms with Crippen molar-refractivity contribution in [2.75, 3.05) is 0 Å². The fourth-order valence-electron chi connectivity index (χ4n) is 1.84. The van der Waals surface area contributed by atoms with Gasteiger partial charge in [-0.1, -0.05) is 35.8 Å². The number of nitrogens with two attached hydrogens (primary N) is 1. The molecule has 0 fully saturated rings. The maximum Gasteiger partial charge on any atom is 0.223 e. The Kier molecular flexibility index (Phi) is 4.98. The van der Waals surface area contributed by atoms with Crippen LogP contribution in [0.15, 0.2) is 22.7 Å². The minimum atomic E-state index is 0.0863. The van der Waals surface area contributed by atoms with E-state index in [1.165, 1.54) is 0 Å². The van der Waals surface area contributed by atoms with Crippen molar-refractivity contribution >= 4 is 11.6 Å². The fourth-order valence-corrected chi connectivity index (χ4v) is 2.09. The zero-order valence-electron chi connectivity index (χ0n) is 11.6. The van der Waals surface area contributed by atoms with E-state index in [2.05, 4.69) is 17.1 Å². The van der Waals surface area contributed by atoms with Gasteiger partial charge in [0.2, 0.25) is 11.7 Å². The largest absolute Gasteiger partial charge is 0.484 e. The fraction of sp³-hybridized carbons (Fsp3) is 0.429. The molecular weight excluding hydrogens is 278 g/mol. The first-order valence-electron chi connectivity index (χ1n) is 6.55. The number of aryl methyl sites for hydroxylation is 1. The molecule has 2 rings (SSSR count). The molecule has 2 N–H and O–H groups in total. The van der Waals surface area contributed by atoms with Crippen LogP contribution in [-0.4, -0.2) is 16.2 Å². The highest BCUT2D eigenvalue weighted by Gasteiger charge is 2.13. The Bertz CT molecular complexity index is 571. The van der Waals surface area contributed by atoms with Gasteiger partial charge in [0.25, 0.3) is 0 Å². The van der Waals surface area contributed by atoms with Crippen LogP contribution in [0.5, 0.6) is 5.75 Å². The minimum Gasteiger partial charge on any atom is -0.484 e. The average molecular weight is 296 g/mol. The molecule has 0 aliphatic rings. The molecule has 6 heteroatoms. The van der Waals surface area contributed by atoms with Crippen LogP contribution in [0.25, 0.3) is 0 Å². The summed E-state index contributed by atoms with van der Waals surface area (Å²) in [5.74, 6) is 1.64. The van der Waals surface area contributed by atoms with Gasteiger partial charge in [-0.25, -0.2) is 0 Å². The molecule has 2 aromatic rings. The zero-order chi connectivity index (χ0) is 14.5. The van der Waals surface area contributed by atoms with Crippen molar-refractivity contribution in [1.82, 2.24) is 10.1 Å². The minimum absolute atomic E-state index is 0.0863. The Balaban J connectivity index is 2.12. The zero-order valence-corrected chi connectivity index (χ0v) is 12.4. The molecule has 0 spiro atoms. The first-order valence-corrected chi connectivity index (χ1v) is 6.93. The normalized spacial score (nSPS) is 12.4. The van der Waals surface area contributed by atoms with Crippen LogP contribution in [0.1, 0.15) is 30.6 Å². The van der Waals surface area contributed by atoms with Gasteiger partial charge in [0.1, 0.15) is 5.75 Å². The molecule has 1 unspecified atom stereocenters. The monoisotopic (exact) mass is 295 g/mol. The van der Waals surface area contributed by atoms with E-state index in [1.54, 1.807) is 13.0 Å². The Morgan fingerprint density at radius 2 is 2.25 bits per heavy atom. The maximum absolute atomic E-state index is 6.20. The van der Waals surface area contributed by atoms with Crippen LogP contribution < -0.4 is 10.5 Å². The molecule has 5 nitrogen and oxygen atoms in total. The van der Waals surface area contributed by atoms with Gasteiger partial charge in [0.15, 0.2) is 6.61 Å². The highest BCUT2D eigenvalue weighted by atomic mass is 35.5. The summed E-state index contributed by atoms with van der Waals surface area (Å²) in [7, 11) is 0. The summed E-state index contributed by atoms with van der Waals surface area (Å²) >= 11 is 6.20. The summed E-state index contributed by atoms with van der Waals surface area (Å²) in [5.41, 5.74) is 6.99. The van der Waals surface area contributed by atoms with Gasteiger partial charge in [-0.3, -0.25) is 0 Å². The van der Waals surface area contributed by atoms with Crippen molar-refractivity contribution in [3.05, 3.63) is 40.5 Å². The second-order valence-electron chi connectivity index (χ2n) is 4.62. The number of ether oxygens (including phenoxy) is 1. The second-order valence-corrected chi connectivity index (χ2v) is 5.03. The molecule has 0 aliphatic heterocycles. The molecular formula is C14H18ClN3O2. The Morgan fingerprint density at radius 1 is 1.45 bits per heavy atom. The summed E-state index contributed by atoms with van der Waals surface area (Å²) in [5, 5.41) is 4.35. The molecule has 0 radical (unpaired) electrons. The Labute approximate surface area is 123 Å². The van der Waals surface area contributed by atoms with E-state index in [1.807, 2.05) is 12.1 Å². The molecule has 20 heavy (non-hydrogen) atoms. The quantitative estimate of drug-likeness (QED) is 0.887. The lowest BCUT2D eigenvalue weighted by molar-refractivity contribution is 0.282. The number of para-hydroxylation sites is 1. The SMILES string of the molecule is CCC(N)Cc1cccc(Cl)c1OCc1noc(C)n1. The van der Waals surface area contributed by atoms with Gasteiger partial charge >= 0.3 is 0 Å². The van der Waals surface area contributed by atoms with Crippen LogP contribution in [0.3, 0.4) is 0 Å². The summed E-state index contributed by atoms with van der Waals surface area (Å²) in [4.78, 5) is 4.09. The number of halogens is 1. The number of nitrogens with zero attached hydrogens (tertiary/aromatic N) is 2. The number of benzene rings is 1. The van der Waals surface area contributed by atoms with Crippen LogP contribution in [0, 0.1) is 6.92 Å². The molecule has 0 saturated heterocycles. The van der Waals surface area contributed by atoms with E-state index >= 15 is 0 Å². The number of hydrogen-bond acceptors (Lipinski definition) is 5. The van der Waals surface area contributed by atoms with E-state index in [0.29, 0.717) is 22.5 Å². The highest BCUT2D eigenvalue weighted by molar-refractivity contribution is 6.32. The molecule has 1 atom stereocenters. The molecule has 1 heterocycles. The van der Waals surface area contributed by atoms with Crippen molar-refractivity contribution < 1.29 is 9.26 Å². The third-order valence-corrected chi connectivity index (χ3v) is 3.27. The van der Waals surface area contributed by atoms with Crippen molar-refractivity contribution in [3.8, 4) is 5.75 Å². The average Bonchev–Trinajstić information content (AvgIpc) is 2.83. The van der Waals surface area contributed by atoms with E-state index in [9.17, 15) is 0 Å². The molecule has 0 amide bonds. The summed E-state index contributed by atoms with van der Waals surface area (Å²) < 4.78 is 10.6. The van der Waals surface area contributed by atoms with Gasteiger partial charge in [-0.05, 0) is 24.5 Å². The van der Waals surface area contributed by atoms with Crippen molar-refractivity contribution in [2.45, 2.75) is 39.3 Å². The molecule has 1 aromatic carbocycles. The highest BCUT2D eigenvalue weighted by Crippen LogP contribution is 2.30. The topological polar surface area (TPSA) is 74.2 Å². The molecule has 0 bridgehead atoms. The molecule has 0 saturated carbocycles. The van der Waals surface area contributed by atoms with Crippen molar-refractivity contribution in [2.24, 2.45) is 5.73 Å². The van der Waals surface area contributed by atoms with E-state index in [4.69, 9.17) is 26.6 Å². The third-order valence-electron chi connectivity index (χ3n) is 2.97. The summed E-state index contributed by atoms with van der Waals surface area (Å²) in [6.45, 7) is 4.00. The van der Waals surface area contributed by atoms with Crippen LogP contribution >= 0.6 is 11.6 Å². The Morgan fingerprint density at radius 3 is 2.90 bits per heavy atom. The second kappa shape index (κ2) is 6.72. The van der Waals surface area contributed by atoms with Gasteiger partial charge in [0.05, 0.1) is 5.02 Å². The van der Waals surface area contributed by atoms with E-state index < -0.39 is 0 Å². The van der Waals surface area contributed by atoms with E-state index in [-0.39, 0.29) is 12.6 Å². The Hall–Kier alpha value is -1.59. The predicted octanol–water partition coefficient (Wildman–Crippen LogP) is 2.89. The predicted molar refractivity (Wildman–Crippen MR) is 76.8 cm³/mol. The first-order chi connectivity index (χ1) is 9.60. The number of rotatable bonds is 6. The van der Waals surface area contributed by atoms with Crippen molar-refractivity contribution in [3.63, 3.8) is 0 Å². The lowest BCUT2D eigenvalue weighted by Crippen LogP contribution is -2.21. The smallest absolute Gasteiger partial charge is 0.223 e. The molecule has 0 aliphatic carbocycles. The first kappa shape index (κ1) is 14.8. The van der Waals surface area contributed by atoms with Gasteiger partial charge < -0.3 is 15.0 Å². The number of hydrogen-bond donors (Lipinski definition) is 1. The standard InChI is InChI=1S/C14H18ClN3O2/c1-3-11(16)7-10-5-4-6-12(15)14(10)19-8-13-17-9(2)20-18-13/h4-6,11H,3,7-8,16H2,1-2H3. The van der Waals surface area contributed by atoms with Crippen LogP contribution in [0.2, 0.25) is 5.02 Å². The van der Waals surface area contributed by atoms with Crippen LogP contribution in [0.4, 0.5) is 0 Å². The van der Waals surface area contributed by atoms with Crippen LogP contribution in [-0.2, 0) is 13.0 Å². The summed E-state index contributed by atoms with van der Waals surface area (Å²) in [6, 6.07) is 5.74. The molecule has 1 aromatic heterocycles. The molecule has 108 valence electrons. The van der Waals surface area contributed by atoms with Crippen molar-refractivity contribution in [1.29, 1.82) is 0 Å². The number of aromatic nitrogens is 2. The van der Waals surface area contributed by atoms with E-state index in [0.717, 1.165) is 18.4 Å². The summed E-state index contributed by atoms with van der Waals surface area (Å²) in [6.07, 6.45) is 1.62.